The number of anilines is 2. The number of hydrazone groups is 1. The number of hydrogen-bond acceptors (Lipinski definition) is 8. The second-order valence-electron chi connectivity index (χ2n) is 7.99. The topological polar surface area (TPSA) is 119 Å². The van der Waals surface area contributed by atoms with E-state index in [-0.39, 0.29) is 29.2 Å². The third-order valence-corrected chi connectivity index (χ3v) is 6.82. The van der Waals surface area contributed by atoms with Crippen LogP contribution in [-0.2, 0) is 17.6 Å². The number of aromatic nitrogens is 3. The highest BCUT2D eigenvalue weighted by Gasteiger charge is 2.33. The van der Waals surface area contributed by atoms with Gasteiger partial charge in [0.1, 0.15) is 12.4 Å². The second-order valence-corrected chi connectivity index (χ2v) is 9.75. The SMILES string of the molecule is Nn1c(N/N=C/c2ccccc2OCc2ccccc2Cl)nnc1SCC(=O)Nc1ccc(Cl)c(C(F)(F)F)c1. The van der Waals surface area contributed by atoms with Gasteiger partial charge in [-0.25, -0.2) is 10.1 Å². The molecule has 4 N–H and O–H groups in total. The van der Waals surface area contributed by atoms with Gasteiger partial charge in [0.25, 0.3) is 5.95 Å². The van der Waals surface area contributed by atoms with Crippen molar-refractivity contribution in [2.24, 2.45) is 5.10 Å². The van der Waals surface area contributed by atoms with E-state index in [4.69, 9.17) is 33.8 Å². The molecule has 0 radical (unpaired) electrons. The van der Waals surface area contributed by atoms with Crippen LogP contribution in [0.15, 0.2) is 77.0 Å². The highest BCUT2D eigenvalue weighted by molar-refractivity contribution is 7.99. The number of para-hydroxylation sites is 1. The molecule has 0 atom stereocenters. The Kier molecular flexibility index (Phi) is 9.40. The number of alkyl halides is 3. The molecule has 1 heterocycles. The minimum absolute atomic E-state index is 0.0515. The van der Waals surface area contributed by atoms with E-state index < -0.39 is 22.7 Å². The number of rotatable bonds is 10. The molecule has 4 aromatic rings. The first-order valence-electron chi connectivity index (χ1n) is 11.4. The van der Waals surface area contributed by atoms with Crippen LogP contribution in [0.3, 0.4) is 0 Å². The molecule has 0 aliphatic rings. The fourth-order valence-electron chi connectivity index (χ4n) is 3.25. The molecule has 0 saturated carbocycles. The third-order valence-electron chi connectivity index (χ3n) is 5.18. The van der Waals surface area contributed by atoms with Gasteiger partial charge in [0, 0.05) is 21.8 Å². The second kappa shape index (κ2) is 12.9. The molecule has 0 unspecified atom stereocenters. The zero-order chi connectivity index (χ0) is 28.7. The number of benzene rings is 3. The smallest absolute Gasteiger partial charge is 0.417 e. The molecule has 1 amide bonds. The van der Waals surface area contributed by atoms with E-state index in [9.17, 15) is 18.0 Å². The van der Waals surface area contributed by atoms with E-state index >= 15 is 0 Å². The molecule has 0 aliphatic carbocycles. The first-order chi connectivity index (χ1) is 19.1. The largest absolute Gasteiger partial charge is 0.488 e. The number of amides is 1. The molecule has 4 rings (SSSR count). The van der Waals surface area contributed by atoms with Crippen molar-refractivity contribution in [1.82, 2.24) is 14.9 Å². The van der Waals surface area contributed by atoms with Crippen molar-refractivity contribution in [3.05, 3.63) is 93.5 Å². The van der Waals surface area contributed by atoms with E-state index in [2.05, 4.69) is 26.0 Å². The normalized spacial score (nSPS) is 11.5. The predicted octanol–water partition coefficient (Wildman–Crippen LogP) is 6.07. The quantitative estimate of drug-likeness (QED) is 0.0863. The van der Waals surface area contributed by atoms with Crippen LogP contribution in [0, 0.1) is 0 Å². The number of carbonyl (C=O) groups excluding carboxylic acids is 1. The molecule has 9 nitrogen and oxygen atoms in total. The van der Waals surface area contributed by atoms with Crippen molar-refractivity contribution >= 4 is 58.7 Å². The van der Waals surface area contributed by atoms with Gasteiger partial charge in [0.15, 0.2) is 0 Å². The average Bonchev–Trinajstić information content (AvgIpc) is 3.27. The van der Waals surface area contributed by atoms with Gasteiger partial charge >= 0.3 is 6.18 Å². The molecule has 40 heavy (non-hydrogen) atoms. The summed E-state index contributed by atoms with van der Waals surface area (Å²) in [6, 6.07) is 17.7. The van der Waals surface area contributed by atoms with Crippen LogP contribution in [0.1, 0.15) is 16.7 Å². The van der Waals surface area contributed by atoms with Crippen molar-refractivity contribution in [3.63, 3.8) is 0 Å². The highest BCUT2D eigenvalue weighted by atomic mass is 35.5. The zero-order valence-electron chi connectivity index (χ0n) is 20.3. The monoisotopic (exact) mass is 609 g/mol. The number of nitrogen functional groups attached to an aromatic ring is 1. The minimum atomic E-state index is -4.65. The maximum absolute atomic E-state index is 13.0. The molecule has 0 bridgehead atoms. The Morgan fingerprint density at radius 3 is 2.60 bits per heavy atom. The standard InChI is InChI=1S/C25H20Cl2F3N7O2S/c26-19-7-3-1-6-16(19)13-39-21-8-4-2-5-15(21)12-32-34-23-35-36-24(37(23)31)40-14-22(38)33-17-9-10-20(27)18(11-17)25(28,29)30/h1-12H,13-14,31H2,(H,33,38)(H,34,35)/b32-12+. The highest BCUT2D eigenvalue weighted by Crippen LogP contribution is 2.36. The predicted molar refractivity (Wildman–Crippen MR) is 149 cm³/mol. The number of nitrogens with two attached hydrogens (primary N) is 1. The lowest BCUT2D eigenvalue weighted by Gasteiger charge is -2.11. The number of carbonyl (C=O) groups is 1. The summed E-state index contributed by atoms with van der Waals surface area (Å²) in [5, 5.41) is 14.6. The minimum Gasteiger partial charge on any atom is -0.488 e. The summed E-state index contributed by atoms with van der Waals surface area (Å²) in [6.07, 6.45) is -3.14. The summed E-state index contributed by atoms with van der Waals surface area (Å²) in [6.45, 7) is 0.269. The summed E-state index contributed by atoms with van der Waals surface area (Å²) >= 11 is 12.7. The Hall–Kier alpha value is -3.94. The molecule has 0 spiro atoms. The summed E-state index contributed by atoms with van der Waals surface area (Å²) in [5.41, 5.74) is 3.08. The first-order valence-corrected chi connectivity index (χ1v) is 13.1. The van der Waals surface area contributed by atoms with E-state index in [0.717, 1.165) is 34.1 Å². The Morgan fingerprint density at radius 1 is 1.07 bits per heavy atom. The van der Waals surface area contributed by atoms with Crippen molar-refractivity contribution < 1.29 is 22.7 Å². The number of nitrogens with one attached hydrogen (secondary N) is 2. The lowest BCUT2D eigenvalue weighted by molar-refractivity contribution is -0.137. The summed E-state index contributed by atoms with van der Waals surface area (Å²) in [4.78, 5) is 12.3. The molecule has 3 aromatic carbocycles. The third kappa shape index (κ3) is 7.58. The van der Waals surface area contributed by atoms with E-state index in [1.807, 2.05) is 30.3 Å². The van der Waals surface area contributed by atoms with E-state index in [1.165, 1.54) is 12.3 Å². The van der Waals surface area contributed by atoms with Gasteiger partial charge < -0.3 is 15.9 Å². The fourth-order valence-corrected chi connectivity index (χ4v) is 4.32. The van der Waals surface area contributed by atoms with Crippen molar-refractivity contribution in [1.29, 1.82) is 0 Å². The molecule has 0 fully saturated rings. The van der Waals surface area contributed by atoms with Crippen molar-refractivity contribution in [3.8, 4) is 5.75 Å². The van der Waals surface area contributed by atoms with Gasteiger partial charge in [-0.05, 0) is 36.4 Å². The Labute approximate surface area is 240 Å². The molecule has 208 valence electrons. The fraction of sp³-hybridized carbons (Fsp3) is 0.120. The van der Waals surface area contributed by atoms with Gasteiger partial charge in [-0.2, -0.15) is 18.3 Å². The Morgan fingerprint density at radius 2 is 1.82 bits per heavy atom. The lowest BCUT2D eigenvalue weighted by Crippen LogP contribution is -2.17. The van der Waals surface area contributed by atoms with Crippen molar-refractivity contribution in [2.45, 2.75) is 17.9 Å². The van der Waals surface area contributed by atoms with Gasteiger partial charge in [-0.1, -0.05) is 65.3 Å². The van der Waals surface area contributed by atoms with Gasteiger partial charge in [-0.3, -0.25) is 4.79 Å². The summed E-state index contributed by atoms with van der Waals surface area (Å²) in [7, 11) is 0. The molecule has 1 aromatic heterocycles. The van der Waals surface area contributed by atoms with Gasteiger partial charge in [-0.15, -0.1) is 10.2 Å². The first kappa shape index (κ1) is 29.1. The number of hydrogen-bond donors (Lipinski definition) is 3. The number of ether oxygens (including phenoxy) is 1. The number of halogens is 5. The number of thioether (sulfide) groups is 1. The Bertz CT molecular complexity index is 1530. The molecular formula is C25H20Cl2F3N7O2S. The molecule has 0 saturated heterocycles. The van der Waals surface area contributed by atoms with E-state index in [0.29, 0.717) is 16.3 Å². The van der Waals surface area contributed by atoms with Crippen LogP contribution in [0.2, 0.25) is 10.0 Å². The van der Waals surface area contributed by atoms with E-state index in [1.54, 1.807) is 18.2 Å². The molecule has 15 heteroatoms. The summed E-state index contributed by atoms with van der Waals surface area (Å²) < 4.78 is 46.1. The average molecular weight is 610 g/mol. The molecule has 0 aliphatic heterocycles. The van der Waals surface area contributed by atoms with Crippen LogP contribution in [0.5, 0.6) is 5.75 Å². The maximum Gasteiger partial charge on any atom is 0.417 e. The Balaban J connectivity index is 1.32. The number of nitrogens with zero attached hydrogens (tertiary/aromatic N) is 4. The van der Waals surface area contributed by atoms with Crippen LogP contribution in [0.25, 0.3) is 0 Å². The van der Waals surface area contributed by atoms with Crippen LogP contribution in [0.4, 0.5) is 24.8 Å². The molecular weight excluding hydrogens is 590 g/mol. The van der Waals surface area contributed by atoms with Gasteiger partial charge in [0.05, 0.1) is 22.6 Å². The summed E-state index contributed by atoms with van der Waals surface area (Å²) in [5.74, 6) is 5.87. The van der Waals surface area contributed by atoms with Crippen LogP contribution < -0.4 is 21.3 Å². The lowest BCUT2D eigenvalue weighted by atomic mass is 10.2. The van der Waals surface area contributed by atoms with Gasteiger partial charge in [0.2, 0.25) is 11.1 Å². The van der Waals surface area contributed by atoms with Crippen molar-refractivity contribution in [2.75, 3.05) is 22.3 Å². The van der Waals surface area contributed by atoms with Crippen LogP contribution >= 0.6 is 35.0 Å². The maximum atomic E-state index is 13.0. The zero-order valence-corrected chi connectivity index (χ0v) is 22.7. The van der Waals surface area contributed by atoms with Crippen LogP contribution in [-0.4, -0.2) is 32.7 Å².